The molecule has 1 saturated carbocycles. The van der Waals surface area contributed by atoms with Gasteiger partial charge in [-0.05, 0) is 57.9 Å². The Balaban J connectivity index is 1.62. The first-order valence-corrected chi connectivity index (χ1v) is 12.7. The van der Waals surface area contributed by atoms with Gasteiger partial charge in [-0.15, -0.1) is 0 Å². The van der Waals surface area contributed by atoms with E-state index >= 15 is 0 Å². The van der Waals surface area contributed by atoms with Crippen molar-refractivity contribution in [3.05, 3.63) is 29.3 Å². The Morgan fingerprint density at radius 1 is 1.12 bits per heavy atom. The molecule has 0 spiro atoms. The van der Waals surface area contributed by atoms with Gasteiger partial charge in [0.1, 0.15) is 5.82 Å². The monoisotopic (exact) mass is 472 g/mol. The van der Waals surface area contributed by atoms with E-state index in [1.54, 1.807) is 18.7 Å². The molecule has 0 radical (unpaired) electrons. The number of carbonyl (C=O) groups excluding carboxylic acids is 1. The molecule has 3 heterocycles. The smallest absolute Gasteiger partial charge is 0.260 e. The van der Waals surface area contributed by atoms with Gasteiger partial charge in [0.05, 0.1) is 24.0 Å². The van der Waals surface area contributed by atoms with Gasteiger partial charge >= 0.3 is 0 Å². The minimum absolute atomic E-state index is 0.0466. The third kappa shape index (κ3) is 4.77. The predicted molar refractivity (Wildman–Crippen MR) is 114 cm³/mol. The Bertz CT molecular complexity index is 963. The van der Waals surface area contributed by atoms with Gasteiger partial charge in [0.15, 0.2) is 18.2 Å². The normalized spacial score (nSPS) is 29.0. The zero-order chi connectivity index (χ0) is 23.0. The first-order chi connectivity index (χ1) is 15.2. The van der Waals surface area contributed by atoms with Gasteiger partial charge in [-0.25, -0.2) is 21.9 Å². The summed E-state index contributed by atoms with van der Waals surface area (Å²) >= 11 is 0. The number of amides is 1. The summed E-state index contributed by atoms with van der Waals surface area (Å²) < 4.78 is 67.9. The van der Waals surface area contributed by atoms with Crippen molar-refractivity contribution in [2.24, 2.45) is 0 Å². The van der Waals surface area contributed by atoms with Crippen LogP contribution in [0.3, 0.4) is 0 Å². The fourth-order valence-electron chi connectivity index (χ4n) is 4.88. The standard InChI is InChI=1S/C22H30F2N2O5S/c1-13(2)32(28,29)25-19-7-8-26-20(19)11-30-16-5-3-14(4-6-16)17-9-15(23)10-18(24)22(17)31-12-21(26)27/h9-10,13-14,16,19-20,25H,3-8,11-12H2,1-2H3/t14-,16+,19-,20-/m0/s1. The lowest BCUT2D eigenvalue weighted by molar-refractivity contribution is -0.136. The Hall–Kier alpha value is -1.78. The van der Waals surface area contributed by atoms with Crippen LogP contribution in [0.4, 0.5) is 8.78 Å². The second-order valence-corrected chi connectivity index (χ2v) is 11.4. The molecular weight excluding hydrogens is 442 g/mol. The summed E-state index contributed by atoms with van der Waals surface area (Å²) in [6.45, 7) is 3.34. The molecule has 1 saturated heterocycles. The quantitative estimate of drug-likeness (QED) is 0.731. The van der Waals surface area contributed by atoms with Crippen LogP contribution in [0.15, 0.2) is 12.1 Å². The van der Waals surface area contributed by atoms with Crippen LogP contribution >= 0.6 is 0 Å². The van der Waals surface area contributed by atoms with E-state index in [4.69, 9.17) is 9.47 Å². The van der Waals surface area contributed by atoms with E-state index in [1.807, 2.05) is 0 Å². The molecule has 7 nitrogen and oxygen atoms in total. The van der Waals surface area contributed by atoms with Crippen molar-refractivity contribution in [3.63, 3.8) is 0 Å². The van der Waals surface area contributed by atoms with Crippen LogP contribution in [0.25, 0.3) is 0 Å². The summed E-state index contributed by atoms with van der Waals surface area (Å²) in [5.41, 5.74) is 0.452. The summed E-state index contributed by atoms with van der Waals surface area (Å²) in [6, 6.07) is 1.12. The average molecular weight is 473 g/mol. The predicted octanol–water partition coefficient (Wildman–Crippen LogP) is 2.70. The fourth-order valence-corrected chi connectivity index (χ4v) is 5.85. The summed E-state index contributed by atoms with van der Waals surface area (Å²) in [6.07, 6.45) is 3.21. The number of fused-ring (bicyclic) bond motifs is 5. The topological polar surface area (TPSA) is 84.9 Å². The van der Waals surface area contributed by atoms with Crippen molar-refractivity contribution in [3.8, 4) is 5.75 Å². The van der Waals surface area contributed by atoms with Crippen LogP contribution in [0.5, 0.6) is 5.75 Å². The van der Waals surface area contributed by atoms with Crippen molar-refractivity contribution in [1.82, 2.24) is 9.62 Å². The SMILES string of the molecule is CC(C)S(=O)(=O)N[C@H]1CCN2C(=O)COc3c(F)cc(F)cc3[C@H]3CC[C@H](CC3)OC[C@@H]12. The molecular formula is C22H30F2N2O5S. The number of sulfonamides is 1. The van der Waals surface area contributed by atoms with Crippen LogP contribution in [0.1, 0.15) is 57.4 Å². The number of rotatable bonds is 3. The number of hydrogen-bond acceptors (Lipinski definition) is 5. The molecule has 1 aromatic rings. The second kappa shape index (κ2) is 9.23. The molecule has 1 aliphatic carbocycles. The number of carbonyl (C=O) groups is 1. The van der Waals surface area contributed by atoms with E-state index < -0.39 is 45.6 Å². The zero-order valence-corrected chi connectivity index (χ0v) is 19.2. The molecule has 3 aliphatic heterocycles. The highest BCUT2D eigenvalue weighted by Crippen LogP contribution is 2.40. The third-order valence-corrected chi connectivity index (χ3v) is 8.67. The molecule has 0 aromatic heterocycles. The summed E-state index contributed by atoms with van der Waals surface area (Å²) in [7, 11) is -3.53. The van der Waals surface area contributed by atoms with E-state index in [0.29, 0.717) is 44.2 Å². The van der Waals surface area contributed by atoms with Gasteiger partial charge < -0.3 is 14.4 Å². The summed E-state index contributed by atoms with van der Waals surface area (Å²) in [5.74, 6) is -2.01. The van der Waals surface area contributed by atoms with Crippen LogP contribution in [-0.4, -0.2) is 62.4 Å². The first kappa shape index (κ1) is 23.4. The van der Waals surface area contributed by atoms with E-state index in [-0.39, 0.29) is 30.3 Å². The molecule has 10 heteroatoms. The maximum atomic E-state index is 14.6. The van der Waals surface area contributed by atoms with Gasteiger partial charge in [0.25, 0.3) is 5.91 Å². The average Bonchev–Trinajstić information content (AvgIpc) is 3.12. The molecule has 2 atom stereocenters. The molecule has 1 amide bonds. The highest BCUT2D eigenvalue weighted by Gasteiger charge is 2.41. The summed E-state index contributed by atoms with van der Waals surface area (Å²) in [5, 5.41) is -0.596. The third-order valence-electron chi connectivity index (χ3n) is 6.80. The Kier molecular flexibility index (Phi) is 6.74. The number of nitrogens with zero attached hydrogens (tertiary/aromatic N) is 1. The summed E-state index contributed by atoms with van der Waals surface area (Å²) in [4.78, 5) is 14.5. The van der Waals surface area contributed by atoms with Crippen LogP contribution in [0.2, 0.25) is 0 Å². The highest BCUT2D eigenvalue weighted by molar-refractivity contribution is 7.90. The maximum Gasteiger partial charge on any atom is 0.260 e. The Morgan fingerprint density at radius 2 is 1.84 bits per heavy atom. The van der Waals surface area contributed by atoms with E-state index in [2.05, 4.69) is 4.72 Å². The van der Waals surface area contributed by atoms with Gasteiger partial charge in [-0.3, -0.25) is 4.79 Å². The lowest BCUT2D eigenvalue weighted by Crippen LogP contribution is -2.51. The van der Waals surface area contributed by atoms with E-state index in [1.165, 1.54) is 6.07 Å². The zero-order valence-electron chi connectivity index (χ0n) is 18.4. The molecule has 5 rings (SSSR count). The van der Waals surface area contributed by atoms with Crippen molar-refractivity contribution < 1.29 is 31.5 Å². The largest absolute Gasteiger partial charge is 0.480 e. The lowest BCUT2D eigenvalue weighted by atomic mass is 9.82. The first-order valence-electron chi connectivity index (χ1n) is 11.2. The van der Waals surface area contributed by atoms with Gasteiger partial charge in [0, 0.05) is 24.2 Å². The Morgan fingerprint density at radius 3 is 2.53 bits per heavy atom. The minimum Gasteiger partial charge on any atom is -0.480 e. The second-order valence-electron chi connectivity index (χ2n) is 9.16. The van der Waals surface area contributed by atoms with E-state index in [0.717, 1.165) is 6.07 Å². The molecule has 0 unspecified atom stereocenters. The number of nitrogens with one attached hydrogen (secondary N) is 1. The minimum atomic E-state index is -3.53. The molecule has 1 N–H and O–H groups in total. The van der Waals surface area contributed by atoms with Gasteiger partial charge in [0.2, 0.25) is 10.0 Å². The molecule has 178 valence electrons. The van der Waals surface area contributed by atoms with Crippen molar-refractivity contribution in [2.45, 2.75) is 75.3 Å². The van der Waals surface area contributed by atoms with Crippen LogP contribution in [0, 0.1) is 11.6 Å². The number of halogens is 2. The number of benzene rings is 1. The molecule has 1 aromatic carbocycles. The van der Waals surface area contributed by atoms with Crippen molar-refractivity contribution in [2.75, 3.05) is 19.8 Å². The highest BCUT2D eigenvalue weighted by atomic mass is 32.2. The lowest BCUT2D eigenvalue weighted by Gasteiger charge is -2.32. The molecule has 4 aliphatic rings. The molecule has 32 heavy (non-hydrogen) atoms. The number of ether oxygens (including phenoxy) is 2. The maximum absolute atomic E-state index is 14.6. The molecule has 2 fully saturated rings. The van der Waals surface area contributed by atoms with Crippen LogP contribution < -0.4 is 9.46 Å². The van der Waals surface area contributed by atoms with Gasteiger partial charge in [-0.2, -0.15) is 0 Å². The van der Waals surface area contributed by atoms with Crippen LogP contribution in [-0.2, 0) is 19.6 Å². The Labute approximate surface area is 187 Å². The van der Waals surface area contributed by atoms with E-state index in [9.17, 15) is 22.0 Å². The van der Waals surface area contributed by atoms with Crippen molar-refractivity contribution >= 4 is 15.9 Å². The fraction of sp³-hybridized carbons (Fsp3) is 0.682. The van der Waals surface area contributed by atoms with Gasteiger partial charge in [-0.1, -0.05) is 0 Å². The van der Waals surface area contributed by atoms with Crippen molar-refractivity contribution in [1.29, 1.82) is 0 Å². The molecule has 2 bridgehead atoms. The number of hydrogen-bond donors (Lipinski definition) is 1.